The Labute approximate surface area is 108 Å². The minimum Gasteiger partial charge on any atom is -0.258 e. The van der Waals surface area contributed by atoms with Crippen molar-refractivity contribution in [2.45, 2.75) is 17.7 Å². The van der Waals surface area contributed by atoms with E-state index in [9.17, 15) is 27.3 Å². The molecule has 0 amide bonds. The number of hydrogen-bond acceptors (Lipinski definition) is 4. The number of halogens is 2. The van der Waals surface area contributed by atoms with E-state index in [1.54, 1.807) is 0 Å². The average molecular weight is 291 g/mol. The summed E-state index contributed by atoms with van der Waals surface area (Å²) in [6.07, 6.45) is 0.956. The minimum absolute atomic E-state index is 0.347. The lowest BCUT2D eigenvalue weighted by atomic mass is 10.2. The van der Waals surface area contributed by atoms with Gasteiger partial charge in [0.2, 0.25) is 5.82 Å². The highest BCUT2D eigenvalue weighted by Gasteiger charge is 2.46. The summed E-state index contributed by atoms with van der Waals surface area (Å²) < 4.78 is 49.9. The van der Waals surface area contributed by atoms with Crippen molar-refractivity contribution in [1.82, 2.24) is 0 Å². The molecule has 0 aliphatic heterocycles. The molecule has 0 heterocycles. The van der Waals surface area contributed by atoms with Gasteiger partial charge in [-0.3, -0.25) is 14.5 Å². The van der Waals surface area contributed by atoms with Gasteiger partial charge in [-0.15, -0.1) is 0 Å². The van der Waals surface area contributed by atoms with Gasteiger partial charge < -0.3 is 0 Å². The summed E-state index contributed by atoms with van der Waals surface area (Å²) in [5.41, 5.74) is -1.76. The molecule has 0 spiro atoms. The maximum atomic E-state index is 13.1. The Kier molecular flexibility index (Phi) is 3.29. The Morgan fingerprint density at radius 3 is 2.47 bits per heavy atom. The first-order valence-electron chi connectivity index (χ1n) is 5.52. The molecule has 1 aromatic carbocycles. The molecular weight excluding hydrogens is 280 g/mol. The van der Waals surface area contributed by atoms with Gasteiger partial charge in [0.1, 0.15) is 0 Å². The fourth-order valence-electron chi connectivity index (χ4n) is 1.81. The highest BCUT2D eigenvalue weighted by Crippen LogP contribution is 2.48. The van der Waals surface area contributed by atoms with E-state index in [1.165, 1.54) is 0 Å². The van der Waals surface area contributed by atoms with Gasteiger partial charge in [0, 0.05) is 11.5 Å². The summed E-state index contributed by atoms with van der Waals surface area (Å²) in [7, 11) is -3.85. The molecule has 0 atom stereocenters. The third-order valence-corrected chi connectivity index (χ3v) is 5.17. The predicted molar refractivity (Wildman–Crippen MR) is 62.7 cm³/mol. The number of nitrogens with zero attached hydrogens (tertiary/aromatic N) is 1. The molecule has 1 aromatic rings. The molecule has 0 unspecified atom stereocenters. The number of hydrogen-bond donors (Lipinski definition) is 0. The van der Waals surface area contributed by atoms with Crippen molar-refractivity contribution in [3.63, 3.8) is 0 Å². The van der Waals surface area contributed by atoms with Crippen molar-refractivity contribution in [3.05, 3.63) is 34.1 Å². The molecular formula is C11H11F2NO4S. The van der Waals surface area contributed by atoms with Crippen molar-refractivity contribution < 1.29 is 22.1 Å². The van der Waals surface area contributed by atoms with Gasteiger partial charge in [-0.05, 0) is 25.0 Å². The number of nitro benzene ring substituents is 1. The van der Waals surface area contributed by atoms with Crippen LogP contribution in [0.4, 0.5) is 14.5 Å². The molecule has 0 aromatic heterocycles. The molecule has 1 aliphatic rings. The van der Waals surface area contributed by atoms with Crippen LogP contribution in [0, 0.1) is 21.3 Å². The summed E-state index contributed by atoms with van der Waals surface area (Å²) in [5, 5.41) is 10.6. The first-order valence-corrected chi connectivity index (χ1v) is 7.18. The second-order valence-corrected chi connectivity index (χ2v) is 6.75. The largest absolute Gasteiger partial charge is 0.306 e. The van der Waals surface area contributed by atoms with Crippen LogP contribution in [0.1, 0.15) is 12.8 Å². The first kappa shape index (κ1) is 13.9. The molecule has 1 saturated carbocycles. The van der Waals surface area contributed by atoms with Crippen LogP contribution >= 0.6 is 0 Å². The highest BCUT2D eigenvalue weighted by molar-refractivity contribution is 7.91. The van der Waals surface area contributed by atoms with Crippen molar-refractivity contribution in [2.24, 2.45) is 5.41 Å². The third-order valence-electron chi connectivity index (χ3n) is 3.21. The number of sulfone groups is 1. The lowest BCUT2D eigenvalue weighted by molar-refractivity contribution is -0.387. The summed E-state index contributed by atoms with van der Waals surface area (Å²) in [4.78, 5) is 9.23. The van der Waals surface area contributed by atoms with E-state index in [0.717, 1.165) is 12.1 Å². The molecule has 2 rings (SSSR count). The molecule has 0 saturated heterocycles. The van der Waals surface area contributed by atoms with Gasteiger partial charge in [0.05, 0.1) is 22.2 Å². The number of nitro groups is 1. The van der Waals surface area contributed by atoms with E-state index in [2.05, 4.69) is 0 Å². The van der Waals surface area contributed by atoms with Gasteiger partial charge in [-0.1, -0.05) is 0 Å². The maximum absolute atomic E-state index is 13.1. The third kappa shape index (κ3) is 2.73. The van der Waals surface area contributed by atoms with Crippen LogP contribution in [0.3, 0.4) is 0 Å². The van der Waals surface area contributed by atoms with E-state index in [1.807, 2.05) is 0 Å². The predicted octanol–water partition coefficient (Wildman–Crippen LogP) is 2.26. The normalized spacial score (nSPS) is 17.2. The number of rotatable bonds is 5. The zero-order valence-corrected chi connectivity index (χ0v) is 10.6. The molecule has 0 radical (unpaired) electrons. The van der Waals surface area contributed by atoms with Gasteiger partial charge >= 0.3 is 5.69 Å². The second-order valence-electron chi connectivity index (χ2n) is 4.76. The van der Waals surface area contributed by atoms with E-state index in [-0.39, 0.29) is 4.90 Å². The van der Waals surface area contributed by atoms with Crippen LogP contribution in [-0.2, 0) is 9.84 Å². The van der Waals surface area contributed by atoms with Crippen molar-refractivity contribution in [3.8, 4) is 0 Å². The lowest BCUT2D eigenvalue weighted by Crippen LogP contribution is -2.19. The second kappa shape index (κ2) is 4.52. The Morgan fingerprint density at radius 1 is 1.37 bits per heavy atom. The van der Waals surface area contributed by atoms with Crippen molar-refractivity contribution in [1.29, 1.82) is 0 Å². The van der Waals surface area contributed by atoms with Crippen LogP contribution in [0.15, 0.2) is 23.1 Å². The molecule has 0 N–H and O–H groups in total. The van der Waals surface area contributed by atoms with E-state index in [0.29, 0.717) is 18.9 Å². The number of benzene rings is 1. The van der Waals surface area contributed by atoms with Gasteiger partial charge in [0.25, 0.3) is 0 Å². The Balaban J connectivity index is 2.36. The summed E-state index contributed by atoms with van der Waals surface area (Å²) in [5.74, 6) is -1.50. The number of alkyl halides is 1. The highest BCUT2D eigenvalue weighted by atomic mass is 32.2. The zero-order chi connectivity index (χ0) is 14.3. The standard InChI is InChI=1S/C11H11F2NO4S/c12-6-11(3-4-11)7-19(17,18)8-1-2-9(13)10(5-8)14(15)16/h1-2,5H,3-4,6-7H2. The molecule has 19 heavy (non-hydrogen) atoms. The summed E-state index contributed by atoms with van der Waals surface area (Å²) in [6.45, 7) is -0.741. The lowest BCUT2D eigenvalue weighted by Gasteiger charge is -2.11. The maximum Gasteiger partial charge on any atom is 0.306 e. The van der Waals surface area contributed by atoms with E-state index < -0.39 is 44.1 Å². The van der Waals surface area contributed by atoms with Crippen molar-refractivity contribution in [2.75, 3.05) is 12.4 Å². The van der Waals surface area contributed by atoms with Crippen LogP contribution in [-0.4, -0.2) is 25.8 Å². The van der Waals surface area contributed by atoms with Gasteiger partial charge in [0.15, 0.2) is 9.84 Å². The van der Waals surface area contributed by atoms with E-state index in [4.69, 9.17) is 0 Å². The quantitative estimate of drug-likeness (QED) is 0.473. The monoisotopic (exact) mass is 291 g/mol. The van der Waals surface area contributed by atoms with E-state index >= 15 is 0 Å². The van der Waals surface area contributed by atoms with Crippen LogP contribution in [0.2, 0.25) is 0 Å². The fraction of sp³-hybridized carbons (Fsp3) is 0.455. The molecule has 104 valence electrons. The molecule has 8 heteroatoms. The Bertz CT molecular complexity index is 626. The fourth-order valence-corrected chi connectivity index (χ4v) is 3.71. The average Bonchev–Trinajstić information content (AvgIpc) is 3.08. The molecule has 1 aliphatic carbocycles. The Morgan fingerprint density at radius 2 is 2.00 bits per heavy atom. The van der Waals surface area contributed by atoms with Crippen LogP contribution in [0.25, 0.3) is 0 Å². The van der Waals surface area contributed by atoms with Crippen LogP contribution in [0.5, 0.6) is 0 Å². The van der Waals surface area contributed by atoms with Gasteiger partial charge in [-0.25, -0.2) is 8.42 Å². The van der Waals surface area contributed by atoms with Crippen molar-refractivity contribution >= 4 is 15.5 Å². The minimum atomic E-state index is -3.85. The SMILES string of the molecule is O=[N+]([O-])c1cc(S(=O)(=O)CC2(CF)CC2)ccc1F. The van der Waals surface area contributed by atoms with Gasteiger partial charge in [-0.2, -0.15) is 4.39 Å². The zero-order valence-electron chi connectivity index (χ0n) is 9.80. The first-order chi connectivity index (χ1) is 8.80. The molecule has 1 fully saturated rings. The topological polar surface area (TPSA) is 77.3 Å². The Hall–Kier alpha value is -1.57. The summed E-state index contributed by atoms with van der Waals surface area (Å²) in [6, 6.07) is 2.38. The summed E-state index contributed by atoms with van der Waals surface area (Å²) >= 11 is 0. The smallest absolute Gasteiger partial charge is 0.258 e. The van der Waals surface area contributed by atoms with Crippen LogP contribution < -0.4 is 0 Å². The molecule has 5 nitrogen and oxygen atoms in total. The molecule has 0 bridgehead atoms.